The van der Waals surface area contributed by atoms with Crippen molar-refractivity contribution < 1.29 is 18.0 Å². The van der Waals surface area contributed by atoms with Gasteiger partial charge in [0.1, 0.15) is 0 Å². The Hall–Kier alpha value is -1.72. The molecule has 2 rings (SSSR count). The summed E-state index contributed by atoms with van der Waals surface area (Å²) in [7, 11) is 0. The predicted molar refractivity (Wildman–Crippen MR) is 65.4 cm³/mol. The third-order valence-corrected chi connectivity index (χ3v) is 3.34. The summed E-state index contributed by atoms with van der Waals surface area (Å²) in [6.45, 7) is 2.48. The molecule has 6 heteroatoms. The van der Waals surface area contributed by atoms with E-state index in [1.54, 1.807) is 4.90 Å². The number of carbonyl (C=O) groups is 1. The molecule has 0 aliphatic carbocycles. The van der Waals surface area contributed by atoms with Crippen LogP contribution >= 0.6 is 0 Å². The summed E-state index contributed by atoms with van der Waals surface area (Å²) >= 11 is 0. The van der Waals surface area contributed by atoms with Gasteiger partial charge in [0.2, 0.25) is 0 Å². The minimum absolute atomic E-state index is 0.0575. The topological polar surface area (TPSA) is 32.3 Å². The molecule has 1 fully saturated rings. The van der Waals surface area contributed by atoms with Crippen LogP contribution in [0, 0.1) is 17.5 Å². The standard InChI is InChI=1S/C13H15F3N2O/c1-8-4-2-3-7-18(8)13(19)17-10-6-5-9(14)11(15)12(10)16/h5-6,8H,2-4,7H2,1H3,(H,17,19). The molecule has 1 atom stereocenters. The van der Waals surface area contributed by atoms with Crippen LogP contribution in [-0.2, 0) is 0 Å². The van der Waals surface area contributed by atoms with Gasteiger partial charge in [0.15, 0.2) is 17.5 Å². The number of amides is 2. The van der Waals surface area contributed by atoms with E-state index < -0.39 is 23.5 Å². The van der Waals surface area contributed by atoms with Crippen molar-refractivity contribution in [3.63, 3.8) is 0 Å². The monoisotopic (exact) mass is 272 g/mol. The lowest BCUT2D eigenvalue weighted by Gasteiger charge is -2.33. The van der Waals surface area contributed by atoms with Crippen molar-refractivity contribution in [1.29, 1.82) is 0 Å². The summed E-state index contributed by atoms with van der Waals surface area (Å²) in [5.41, 5.74) is -0.346. The number of rotatable bonds is 1. The quantitative estimate of drug-likeness (QED) is 0.779. The van der Waals surface area contributed by atoms with Crippen LogP contribution < -0.4 is 5.32 Å². The SMILES string of the molecule is CC1CCCCN1C(=O)Nc1ccc(F)c(F)c1F. The van der Waals surface area contributed by atoms with Crippen molar-refractivity contribution in [2.45, 2.75) is 32.2 Å². The van der Waals surface area contributed by atoms with Crippen molar-refractivity contribution in [1.82, 2.24) is 4.90 Å². The van der Waals surface area contributed by atoms with E-state index in [9.17, 15) is 18.0 Å². The molecule has 1 saturated heterocycles. The number of anilines is 1. The number of benzene rings is 1. The van der Waals surface area contributed by atoms with Gasteiger partial charge in [0.25, 0.3) is 0 Å². The van der Waals surface area contributed by atoms with Crippen molar-refractivity contribution in [2.24, 2.45) is 0 Å². The average Bonchev–Trinajstić information content (AvgIpc) is 2.40. The van der Waals surface area contributed by atoms with Crippen LogP contribution in [0.15, 0.2) is 12.1 Å². The van der Waals surface area contributed by atoms with Crippen LogP contribution in [0.5, 0.6) is 0 Å². The molecule has 1 heterocycles. The normalized spacial score (nSPS) is 19.4. The van der Waals surface area contributed by atoms with E-state index in [2.05, 4.69) is 5.32 Å². The molecule has 1 aromatic rings. The Labute approximate surface area is 109 Å². The molecule has 3 nitrogen and oxygen atoms in total. The number of halogens is 3. The van der Waals surface area contributed by atoms with E-state index >= 15 is 0 Å². The molecule has 0 bridgehead atoms. The number of nitrogens with zero attached hydrogens (tertiary/aromatic N) is 1. The summed E-state index contributed by atoms with van der Waals surface area (Å²) in [4.78, 5) is 13.5. The minimum atomic E-state index is -1.58. The second kappa shape index (κ2) is 5.50. The maximum atomic E-state index is 13.4. The first-order valence-corrected chi connectivity index (χ1v) is 6.22. The maximum absolute atomic E-state index is 13.4. The van der Waals surface area contributed by atoms with Gasteiger partial charge in [-0.2, -0.15) is 0 Å². The third-order valence-electron chi connectivity index (χ3n) is 3.34. The molecular weight excluding hydrogens is 257 g/mol. The van der Waals surface area contributed by atoms with E-state index in [4.69, 9.17) is 0 Å². The zero-order valence-corrected chi connectivity index (χ0v) is 10.5. The van der Waals surface area contributed by atoms with Crippen LogP contribution in [0.25, 0.3) is 0 Å². The Morgan fingerprint density at radius 1 is 1.26 bits per heavy atom. The van der Waals surface area contributed by atoms with Gasteiger partial charge >= 0.3 is 6.03 Å². The minimum Gasteiger partial charge on any atom is -0.322 e. The molecule has 0 radical (unpaired) electrons. The Balaban J connectivity index is 2.12. The van der Waals surface area contributed by atoms with Gasteiger partial charge in [-0.3, -0.25) is 0 Å². The number of hydrogen-bond acceptors (Lipinski definition) is 1. The molecule has 1 aliphatic rings. The van der Waals surface area contributed by atoms with Crippen molar-refractivity contribution in [3.8, 4) is 0 Å². The van der Waals surface area contributed by atoms with E-state index in [0.29, 0.717) is 6.54 Å². The third kappa shape index (κ3) is 2.83. The molecule has 0 saturated carbocycles. The smallest absolute Gasteiger partial charge is 0.322 e. The maximum Gasteiger partial charge on any atom is 0.322 e. The number of nitrogens with one attached hydrogen (secondary N) is 1. The second-order valence-corrected chi connectivity index (χ2v) is 4.69. The van der Waals surface area contributed by atoms with E-state index in [1.165, 1.54) is 0 Å². The van der Waals surface area contributed by atoms with Crippen molar-refractivity contribution >= 4 is 11.7 Å². The lowest BCUT2D eigenvalue weighted by Crippen LogP contribution is -2.44. The molecule has 1 aliphatic heterocycles. The molecule has 104 valence electrons. The zero-order chi connectivity index (χ0) is 14.0. The first kappa shape index (κ1) is 13.7. The average molecular weight is 272 g/mol. The summed E-state index contributed by atoms with van der Waals surface area (Å²) < 4.78 is 39.3. The lowest BCUT2D eigenvalue weighted by molar-refractivity contribution is 0.170. The summed E-state index contributed by atoms with van der Waals surface area (Å²) in [6, 6.07) is 1.37. The molecule has 0 spiro atoms. The van der Waals surface area contributed by atoms with Gasteiger partial charge in [-0.05, 0) is 38.3 Å². The van der Waals surface area contributed by atoms with Gasteiger partial charge in [0, 0.05) is 12.6 Å². The number of urea groups is 1. The fourth-order valence-electron chi connectivity index (χ4n) is 2.21. The van der Waals surface area contributed by atoms with Gasteiger partial charge < -0.3 is 10.2 Å². The van der Waals surface area contributed by atoms with Gasteiger partial charge in [0.05, 0.1) is 5.69 Å². The van der Waals surface area contributed by atoms with Crippen LogP contribution in [0.2, 0.25) is 0 Å². The fraction of sp³-hybridized carbons (Fsp3) is 0.462. The van der Waals surface area contributed by atoms with Crippen molar-refractivity contribution in [2.75, 3.05) is 11.9 Å². The van der Waals surface area contributed by atoms with Gasteiger partial charge in [-0.1, -0.05) is 0 Å². The molecule has 19 heavy (non-hydrogen) atoms. The van der Waals surface area contributed by atoms with Crippen LogP contribution in [-0.4, -0.2) is 23.5 Å². The molecule has 1 aromatic carbocycles. The highest BCUT2D eigenvalue weighted by atomic mass is 19.2. The Kier molecular flexibility index (Phi) is 3.97. The second-order valence-electron chi connectivity index (χ2n) is 4.69. The molecule has 2 amide bonds. The fourth-order valence-corrected chi connectivity index (χ4v) is 2.21. The molecule has 1 N–H and O–H groups in total. The van der Waals surface area contributed by atoms with Crippen LogP contribution in [0.4, 0.5) is 23.7 Å². The lowest BCUT2D eigenvalue weighted by atomic mass is 10.0. The number of likely N-dealkylation sites (tertiary alicyclic amines) is 1. The predicted octanol–water partition coefficient (Wildman–Crippen LogP) is 3.51. The van der Waals surface area contributed by atoms with Gasteiger partial charge in [-0.15, -0.1) is 0 Å². The molecule has 0 aromatic heterocycles. The van der Waals surface area contributed by atoms with Crippen LogP contribution in [0.3, 0.4) is 0 Å². The highest BCUT2D eigenvalue weighted by molar-refractivity contribution is 5.89. The molecular formula is C13H15F3N2O. The highest BCUT2D eigenvalue weighted by Gasteiger charge is 2.24. The summed E-state index contributed by atoms with van der Waals surface area (Å²) in [5, 5.41) is 2.28. The van der Waals surface area contributed by atoms with E-state index in [1.807, 2.05) is 6.92 Å². The van der Waals surface area contributed by atoms with Gasteiger partial charge in [-0.25, -0.2) is 18.0 Å². The number of piperidine rings is 1. The summed E-state index contributed by atoms with van der Waals surface area (Å²) in [5.74, 6) is -4.23. The first-order chi connectivity index (χ1) is 9.00. The Bertz CT molecular complexity index is 493. The van der Waals surface area contributed by atoms with E-state index in [-0.39, 0.29) is 11.7 Å². The van der Waals surface area contributed by atoms with Crippen LogP contribution in [0.1, 0.15) is 26.2 Å². The Morgan fingerprint density at radius 2 is 2.00 bits per heavy atom. The highest BCUT2D eigenvalue weighted by Crippen LogP contribution is 2.22. The largest absolute Gasteiger partial charge is 0.322 e. The van der Waals surface area contributed by atoms with Crippen molar-refractivity contribution in [3.05, 3.63) is 29.6 Å². The van der Waals surface area contributed by atoms with E-state index in [0.717, 1.165) is 31.4 Å². The Morgan fingerprint density at radius 3 is 2.68 bits per heavy atom. The molecule has 1 unspecified atom stereocenters. The summed E-state index contributed by atoms with van der Waals surface area (Å²) in [6.07, 6.45) is 2.82. The number of carbonyl (C=O) groups excluding carboxylic acids is 1. The number of hydrogen-bond donors (Lipinski definition) is 1. The first-order valence-electron chi connectivity index (χ1n) is 6.22. The zero-order valence-electron chi connectivity index (χ0n) is 10.5.